The third-order valence-electron chi connectivity index (χ3n) is 3.81. The third kappa shape index (κ3) is 3.67. The smallest absolute Gasteiger partial charge is 0.241 e. The highest BCUT2D eigenvalue weighted by Gasteiger charge is 2.36. The van der Waals surface area contributed by atoms with Crippen molar-refractivity contribution in [1.29, 1.82) is 0 Å². The van der Waals surface area contributed by atoms with E-state index >= 15 is 0 Å². The Balaban J connectivity index is 2.08. The Labute approximate surface area is 130 Å². The van der Waals surface area contributed by atoms with E-state index in [1.165, 1.54) is 0 Å². The van der Waals surface area contributed by atoms with Crippen molar-refractivity contribution in [2.45, 2.75) is 32.4 Å². The van der Waals surface area contributed by atoms with Crippen LogP contribution in [0.5, 0.6) is 0 Å². The molecule has 1 aliphatic rings. The molecule has 1 aliphatic heterocycles. The molecule has 1 atom stereocenters. The average molecular weight is 312 g/mol. The molecular weight excluding hydrogens is 290 g/mol. The lowest BCUT2D eigenvalue weighted by Gasteiger charge is -2.44. The monoisotopic (exact) mass is 311 g/mol. The van der Waals surface area contributed by atoms with E-state index in [1.807, 2.05) is 6.92 Å². The molecule has 5 nitrogen and oxygen atoms in total. The number of nitrogens with two attached hydrogens (primary N) is 1. The summed E-state index contributed by atoms with van der Waals surface area (Å²) < 4.78 is 5.49. The number of nitrogen functional groups attached to an aromatic ring is 1. The second-order valence-electron chi connectivity index (χ2n) is 5.96. The van der Waals surface area contributed by atoms with Crippen LogP contribution in [0.4, 0.5) is 11.4 Å². The highest BCUT2D eigenvalue weighted by molar-refractivity contribution is 6.34. The number of morpholine rings is 1. The van der Waals surface area contributed by atoms with Gasteiger partial charge in [-0.1, -0.05) is 11.6 Å². The number of nitrogens with one attached hydrogen (secondary N) is 1. The highest BCUT2D eigenvalue weighted by Crippen LogP contribution is 2.26. The highest BCUT2D eigenvalue weighted by atomic mass is 35.5. The first kappa shape index (κ1) is 16.1. The molecule has 21 heavy (non-hydrogen) atoms. The zero-order valence-corrected chi connectivity index (χ0v) is 13.4. The minimum atomic E-state index is -0.266. The van der Waals surface area contributed by atoms with Crippen LogP contribution in [0.25, 0.3) is 0 Å². The first-order valence-corrected chi connectivity index (χ1v) is 7.39. The van der Waals surface area contributed by atoms with Gasteiger partial charge in [0.05, 0.1) is 30.0 Å². The van der Waals surface area contributed by atoms with Crippen LogP contribution in [-0.2, 0) is 9.53 Å². The Morgan fingerprint density at radius 2 is 2.24 bits per heavy atom. The molecule has 1 aromatic carbocycles. The number of benzene rings is 1. The number of rotatable bonds is 3. The van der Waals surface area contributed by atoms with Crippen LogP contribution in [0.2, 0.25) is 5.02 Å². The van der Waals surface area contributed by atoms with Crippen molar-refractivity contribution in [2.75, 3.05) is 30.8 Å². The Bertz CT molecular complexity index is 534. The van der Waals surface area contributed by atoms with Gasteiger partial charge in [0, 0.05) is 17.8 Å². The molecule has 3 N–H and O–H groups in total. The van der Waals surface area contributed by atoms with Crippen LogP contribution in [-0.4, -0.2) is 42.1 Å². The SMILES string of the molecule is CC(C(=O)Nc1ccc(N)cc1Cl)N1CCOCC1(C)C. The summed E-state index contributed by atoms with van der Waals surface area (Å²) in [6.45, 7) is 8.04. The summed E-state index contributed by atoms with van der Waals surface area (Å²) in [4.78, 5) is 14.6. The topological polar surface area (TPSA) is 67.6 Å². The van der Waals surface area contributed by atoms with E-state index < -0.39 is 0 Å². The molecule has 0 saturated carbocycles. The van der Waals surface area contributed by atoms with Gasteiger partial charge in [0.25, 0.3) is 0 Å². The number of amides is 1. The summed E-state index contributed by atoms with van der Waals surface area (Å²) >= 11 is 6.09. The molecule has 1 unspecified atom stereocenters. The van der Waals surface area contributed by atoms with Crippen LogP contribution >= 0.6 is 11.6 Å². The molecule has 2 rings (SSSR count). The van der Waals surface area contributed by atoms with E-state index in [2.05, 4.69) is 24.1 Å². The summed E-state index contributed by atoms with van der Waals surface area (Å²) in [5, 5.41) is 3.30. The van der Waals surface area contributed by atoms with Crippen LogP contribution in [0.3, 0.4) is 0 Å². The third-order valence-corrected chi connectivity index (χ3v) is 4.12. The predicted octanol–water partition coefficient (Wildman–Crippen LogP) is 2.36. The maximum Gasteiger partial charge on any atom is 0.241 e. The van der Waals surface area contributed by atoms with Gasteiger partial charge in [-0.25, -0.2) is 0 Å². The van der Waals surface area contributed by atoms with E-state index in [1.54, 1.807) is 18.2 Å². The number of hydrogen-bond donors (Lipinski definition) is 2. The van der Waals surface area contributed by atoms with E-state index in [4.69, 9.17) is 22.1 Å². The standard InChI is InChI=1S/C15H22ClN3O2/c1-10(19-6-7-21-9-15(19,2)3)14(20)18-13-5-4-11(17)8-12(13)16/h4-5,8,10H,6-7,9,17H2,1-3H3,(H,18,20). The maximum atomic E-state index is 12.5. The molecule has 0 spiro atoms. The maximum absolute atomic E-state index is 12.5. The Hall–Kier alpha value is -1.30. The first-order valence-electron chi connectivity index (χ1n) is 7.01. The summed E-state index contributed by atoms with van der Waals surface area (Å²) in [7, 11) is 0. The average Bonchev–Trinajstić information content (AvgIpc) is 2.40. The van der Waals surface area contributed by atoms with Gasteiger partial charge in [-0.05, 0) is 39.0 Å². The van der Waals surface area contributed by atoms with E-state index in [9.17, 15) is 4.79 Å². The van der Waals surface area contributed by atoms with Crippen molar-refractivity contribution in [3.8, 4) is 0 Å². The van der Waals surface area contributed by atoms with Crippen molar-refractivity contribution < 1.29 is 9.53 Å². The Morgan fingerprint density at radius 3 is 2.86 bits per heavy atom. The van der Waals surface area contributed by atoms with Crippen molar-refractivity contribution in [3.63, 3.8) is 0 Å². The largest absolute Gasteiger partial charge is 0.399 e. The second-order valence-corrected chi connectivity index (χ2v) is 6.37. The number of ether oxygens (including phenoxy) is 1. The molecule has 0 aliphatic carbocycles. The minimum Gasteiger partial charge on any atom is -0.399 e. The van der Waals surface area contributed by atoms with Gasteiger partial charge in [-0.15, -0.1) is 0 Å². The van der Waals surface area contributed by atoms with Gasteiger partial charge < -0.3 is 15.8 Å². The lowest BCUT2D eigenvalue weighted by Crippen LogP contribution is -2.59. The van der Waals surface area contributed by atoms with Crippen molar-refractivity contribution in [3.05, 3.63) is 23.2 Å². The fourth-order valence-corrected chi connectivity index (χ4v) is 2.84. The number of halogens is 1. The van der Waals surface area contributed by atoms with Crippen molar-refractivity contribution >= 4 is 28.9 Å². The summed E-state index contributed by atoms with van der Waals surface area (Å²) in [5.74, 6) is -0.0864. The summed E-state index contributed by atoms with van der Waals surface area (Å²) in [5.41, 5.74) is 6.63. The quantitative estimate of drug-likeness (QED) is 0.841. The van der Waals surface area contributed by atoms with Gasteiger partial charge >= 0.3 is 0 Å². The molecule has 0 bridgehead atoms. The minimum absolute atomic E-state index is 0.0864. The Kier molecular flexibility index (Phi) is 4.76. The van der Waals surface area contributed by atoms with Gasteiger partial charge in [0.15, 0.2) is 0 Å². The first-order chi connectivity index (χ1) is 9.81. The molecule has 0 radical (unpaired) electrons. The Morgan fingerprint density at radius 1 is 1.52 bits per heavy atom. The molecule has 1 amide bonds. The van der Waals surface area contributed by atoms with Gasteiger partial charge in [-0.2, -0.15) is 0 Å². The van der Waals surface area contributed by atoms with Crippen molar-refractivity contribution in [1.82, 2.24) is 4.90 Å². The van der Waals surface area contributed by atoms with Crippen LogP contribution in [0, 0.1) is 0 Å². The van der Waals surface area contributed by atoms with Gasteiger partial charge in [0.2, 0.25) is 5.91 Å². The lowest BCUT2D eigenvalue weighted by molar-refractivity contribution is -0.129. The zero-order chi connectivity index (χ0) is 15.6. The van der Waals surface area contributed by atoms with E-state index in [-0.39, 0.29) is 17.5 Å². The predicted molar refractivity (Wildman–Crippen MR) is 85.6 cm³/mol. The number of carbonyl (C=O) groups excluding carboxylic acids is 1. The number of hydrogen-bond acceptors (Lipinski definition) is 4. The second kappa shape index (κ2) is 6.22. The van der Waals surface area contributed by atoms with Crippen LogP contribution in [0.1, 0.15) is 20.8 Å². The van der Waals surface area contributed by atoms with E-state index in [0.717, 1.165) is 6.54 Å². The van der Waals surface area contributed by atoms with Gasteiger partial charge in [0.1, 0.15) is 0 Å². The lowest BCUT2D eigenvalue weighted by atomic mass is 9.99. The summed E-state index contributed by atoms with van der Waals surface area (Å²) in [6, 6.07) is 4.79. The zero-order valence-electron chi connectivity index (χ0n) is 12.6. The fraction of sp³-hybridized carbons (Fsp3) is 0.533. The summed E-state index contributed by atoms with van der Waals surface area (Å²) in [6.07, 6.45) is 0. The molecule has 1 aromatic rings. The molecule has 1 heterocycles. The molecule has 0 aromatic heterocycles. The molecule has 116 valence electrons. The molecule has 1 saturated heterocycles. The molecule has 6 heteroatoms. The number of carbonyl (C=O) groups is 1. The van der Waals surface area contributed by atoms with E-state index in [0.29, 0.717) is 29.6 Å². The van der Waals surface area contributed by atoms with Crippen LogP contribution < -0.4 is 11.1 Å². The molecule has 1 fully saturated rings. The van der Waals surface area contributed by atoms with Crippen LogP contribution in [0.15, 0.2) is 18.2 Å². The number of anilines is 2. The normalized spacial score (nSPS) is 20.0. The van der Waals surface area contributed by atoms with Gasteiger partial charge in [-0.3, -0.25) is 9.69 Å². The number of nitrogens with zero attached hydrogens (tertiary/aromatic N) is 1. The fourth-order valence-electron chi connectivity index (χ4n) is 2.60. The molecular formula is C15H22ClN3O2. The van der Waals surface area contributed by atoms with Crippen molar-refractivity contribution in [2.24, 2.45) is 0 Å².